The second kappa shape index (κ2) is 7.82. The third-order valence-corrected chi connectivity index (χ3v) is 4.45. The van der Waals surface area contributed by atoms with Gasteiger partial charge in [0, 0.05) is 24.7 Å². The largest absolute Gasteiger partial charge is 0.493 e. The number of nitrogens with zero attached hydrogens (tertiary/aromatic N) is 1. The Balaban J connectivity index is 1.49. The van der Waals surface area contributed by atoms with Crippen LogP contribution in [0.4, 0.5) is 0 Å². The zero-order chi connectivity index (χ0) is 16.1. The second-order valence-electron chi connectivity index (χ2n) is 5.94. The fourth-order valence-corrected chi connectivity index (χ4v) is 3.19. The fraction of sp³-hybridized carbons (Fsp3) is 0.368. The van der Waals surface area contributed by atoms with E-state index in [1.54, 1.807) is 0 Å². The Labute approximate surface area is 142 Å². The van der Waals surface area contributed by atoms with Gasteiger partial charge in [-0.15, -0.1) is 0 Å². The highest BCUT2D eigenvalue weighted by Crippen LogP contribution is 2.26. The molecule has 2 aromatic rings. The molecule has 0 amide bonds. The first-order chi connectivity index (χ1) is 11.2. The maximum Gasteiger partial charge on any atom is 0.120 e. The van der Waals surface area contributed by atoms with Gasteiger partial charge in [-0.25, -0.2) is 0 Å². The van der Waals surface area contributed by atoms with Crippen LogP contribution >= 0.6 is 11.6 Å². The van der Waals surface area contributed by atoms with Gasteiger partial charge in [0.15, 0.2) is 0 Å². The number of rotatable bonds is 5. The van der Waals surface area contributed by atoms with Crippen molar-refractivity contribution in [1.82, 2.24) is 4.90 Å². The van der Waals surface area contributed by atoms with Gasteiger partial charge < -0.3 is 9.84 Å². The van der Waals surface area contributed by atoms with Crippen LogP contribution in [0, 0.1) is 0 Å². The number of aliphatic hydroxyl groups excluding tert-OH is 1. The smallest absolute Gasteiger partial charge is 0.120 e. The van der Waals surface area contributed by atoms with E-state index in [-0.39, 0.29) is 6.10 Å². The van der Waals surface area contributed by atoms with Crippen LogP contribution in [0.1, 0.15) is 30.1 Å². The normalized spacial score (nSPS) is 18.3. The van der Waals surface area contributed by atoms with E-state index < -0.39 is 0 Å². The molecule has 1 aliphatic rings. The van der Waals surface area contributed by atoms with Crippen LogP contribution in [-0.2, 0) is 6.54 Å². The van der Waals surface area contributed by atoms with E-state index in [9.17, 15) is 5.11 Å². The minimum absolute atomic E-state index is 0.348. The first-order valence-corrected chi connectivity index (χ1v) is 8.47. The zero-order valence-corrected chi connectivity index (χ0v) is 13.9. The maximum atomic E-state index is 10.2. The summed E-state index contributed by atoms with van der Waals surface area (Å²) >= 11 is 5.95. The molecule has 0 unspecified atom stereocenters. The van der Waals surface area contributed by atoms with Crippen LogP contribution in [0.3, 0.4) is 0 Å². The Morgan fingerprint density at radius 2 is 2.04 bits per heavy atom. The van der Waals surface area contributed by atoms with Crippen LogP contribution in [0.5, 0.6) is 5.75 Å². The molecule has 122 valence electrons. The van der Waals surface area contributed by atoms with Crippen LogP contribution in [0.25, 0.3) is 0 Å². The van der Waals surface area contributed by atoms with Crippen LogP contribution in [0.15, 0.2) is 48.5 Å². The van der Waals surface area contributed by atoms with Gasteiger partial charge in [-0.3, -0.25) is 4.90 Å². The molecule has 0 saturated heterocycles. The van der Waals surface area contributed by atoms with Crippen LogP contribution < -0.4 is 4.74 Å². The summed E-state index contributed by atoms with van der Waals surface area (Å²) in [6.45, 7) is 3.43. The van der Waals surface area contributed by atoms with Crippen molar-refractivity contribution in [3.8, 4) is 5.75 Å². The molecule has 3 nitrogen and oxygen atoms in total. The summed E-state index contributed by atoms with van der Waals surface area (Å²) in [6, 6.07) is 15.7. The van der Waals surface area contributed by atoms with Gasteiger partial charge in [-0.2, -0.15) is 0 Å². The van der Waals surface area contributed by atoms with E-state index in [1.165, 1.54) is 5.56 Å². The van der Waals surface area contributed by atoms with E-state index in [1.807, 2.05) is 42.5 Å². The molecule has 0 fully saturated rings. The highest BCUT2D eigenvalue weighted by Gasteiger charge is 2.19. The van der Waals surface area contributed by atoms with Gasteiger partial charge >= 0.3 is 0 Å². The number of hydrogen-bond donors (Lipinski definition) is 1. The molecular formula is C19H22ClNO2. The number of halogens is 1. The highest BCUT2D eigenvalue weighted by atomic mass is 35.5. The lowest BCUT2D eigenvalue weighted by Crippen LogP contribution is -2.25. The van der Waals surface area contributed by atoms with Crippen molar-refractivity contribution < 1.29 is 9.84 Å². The summed E-state index contributed by atoms with van der Waals surface area (Å²) in [7, 11) is 0. The molecule has 3 rings (SSSR count). The lowest BCUT2D eigenvalue weighted by molar-refractivity contribution is 0.149. The van der Waals surface area contributed by atoms with Crippen molar-refractivity contribution >= 4 is 11.6 Å². The summed E-state index contributed by atoms with van der Waals surface area (Å²) in [5, 5.41) is 10.9. The van der Waals surface area contributed by atoms with Gasteiger partial charge in [0.05, 0.1) is 12.7 Å². The van der Waals surface area contributed by atoms with Crippen molar-refractivity contribution in [2.75, 3.05) is 19.7 Å². The highest BCUT2D eigenvalue weighted by molar-refractivity contribution is 6.30. The number of benzene rings is 2. The third kappa shape index (κ3) is 4.47. The number of hydrogen-bond acceptors (Lipinski definition) is 3. The topological polar surface area (TPSA) is 32.7 Å². The summed E-state index contributed by atoms with van der Waals surface area (Å²) < 4.78 is 5.74. The standard InChI is InChI=1S/C19H22ClNO2/c20-16-6-3-7-17(13-16)23-12-4-10-21-11-9-19(22)18-8-2-1-5-15(18)14-21/h1-3,5-8,13,19,22H,4,9-12,14H2/t19-/m0/s1. The molecule has 0 aromatic heterocycles. The Hall–Kier alpha value is -1.55. The number of fused-ring (bicyclic) bond motifs is 1. The van der Waals surface area contributed by atoms with Gasteiger partial charge in [0.1, 0.15) is 5.75 Å². The molecule has 23 heavy (non-hydrogen) atoms. The Morgan fingerprint density at radius 3 is 2.91 bits per heavy atom. The summed E-state index contributed by atoms with van der Waals surface area (Å²) in [5.41, 5.74) is 2.30. The molecule has 0 radical (unpaired) electrons. The molecule has 0 saturated carbocycles. The lowest BCUT2D eigenvalue weighted by Gasteiger charge is -2.20. The number of aliphatic hydroxyl groups is 1. The fourth-order valence-electron chi connectivity index (χ4n) is 3.01. The van der Waals surface area contributed by atoms with E-state index in [2.05, 4.69) is 11.0 Å². The van der Waals surface area contributed by atoms with Crippen molar-refractivity contribution in [2.45, 2.75) is 25.5 Å². The van der Waals surface area contributed by atoms with E-state index >= 15 is 0 Å². The minimum Gasteiger partial charge on any atom is -0.493 e. The predicted octanol–water partition coefficient (Wildman–Crippen LogP) is 4.05. The molecular weight excluding hydrogens is 310 g/mol. The summed E-state index contributed by atoms with van der Waals surface area (Å²) in [5.74, 6) is 0.814. The van der Waals surface area contributed by atoms with Gasteiger partial charge in [-0.05, 0) is 42.2 Å². The molecule has 1 atom stereocenters. The van der Waals surface area contributed by atoms with Crippen molar-refractivity contribution in [1.29, 1.82) is 0 Å². The molecule has 0 aliphatic carbocycles. The molecule has 4 heteroatoms. The van der Waals surface area contributed by atoms with Crippen molar-refractivity contribution in [3.05, 3.63) is 64.7 Å². The Bertz CT molecular complexity index is 647. The van der Waals surface area contributed by atoms with Crippen LogP contribution in [-0.4, -0.2) is 29.7 Å². The molecule has 1 aliphatic heterocycles. The average Bonchev–Trinajstić information content (AvgIpc) is 2.71. The molecule has 1 N–H and O–H groups in total. The quantitative estimate of drug-likeness (QED) is 0.839. The SMILES string of the molecule is O[C@H]1CCN(CCCOc2cccc(Cl)c2)Cc2ccccc21. The van der Waals surface area contributed by atoms with Gasteiger partial charge in [-0.1, -0.05) is 41.9 Å². The van der Waals surface area contributed by atoms with Crippen LogP contribution in [0.2, 0.25) is 5.02 Å². The maximum absolute atomic E-state index is 10.2. The molecule has 2 aromatic carbocycles. The van der Waals surface area contributed by atoms with Gasteiger partial charge in [0.2, 0.25) is 0 Å². The summed E-state index contributed by atoms with van der Waals surface area (Å²) in [4.78, 5) is 2.39. The van der Waals surface area contributed by atoms with E-state index in [0.717, 1.165) is 43.8 Å². The van der Waals surface area contributed by atoms with Gasteiger partial charge in [0.25, 0.3) is 0 Å². The second-order valence-corrected chi connectivity index (χ2v) is 6.38. The van der Waals surface area contributed by atoms with E-state index in [4.69, 9.17) is 16.3 Å². The summed E-state index contributed by atoms with van der Waals surface area (Å²) in [6.07, 6.45) is 1.38. The first kappa shape index (κ1) is 16.3. The minimum atomic E-state index is -0.348. The lowest BCUT2D eigenvalue weighted by atomic mass is 10.0. The Kier molecular flexibility index (Phi) is 5.55. The van der Waals surface area contributed by atoms with Crippen molar-refractivity contribution in [3.63, 3.8) is 0 Å². The first-order valence-electron chi connectivity index (χ1n) is 8.09. The average molecular weight is 332 g/mol. The van der Waals surface area contributed by atoms with E-state index in [0.29, 0.717) is 11.6 Å². The Morgan fingerprint density at radius 1 is 1.17 bits per heavy atom. The predicted molar refractivity (Wildman–Crippen MR) is 92.9 cm³/mol. The monoisotopic (exact) mass is 331 g/mol. The third-order valence-electron chi connectivity index (χ3n) is 4.21. The molecule has 0 spiro atoms. The zero-order valence-electron chi connectivity index (χ0n) is 13.1. The van der Waals surface area contributed by atoms with Crippen molar-refractivity contribution in [2.24, 2.45) is 0 Å². The molecule has 0 bridgehead atoms. The molecule has 1 heterocycles. The number of ether oxygens (including phenoxy) is 1.